The highest BCUT2D eigenvalue weighted by Gasteiger charge is 2.30. The van der Waals surface area contributed by atoms with E-state index in [2.05, 4.69) is 0 Å². The minimum Gasteiger partial charge on any atom is -0.497 e. The van der Waals surface area contributed by atoms with E-state index in [0.29, 0.717) is 19.7 Å². The number of aromatic carboxylic acids is 1. The van der Waals surface area contributed by atoms with Crippen LogP contribution in [0.25, 0.3) is 0 Å². The Bertz CT molecular complexity index is 781. The summed E-state index contributed by atoms with van der Waals surface area (Å²) in [5.41, 5.74) is 0.688. The standard InChI is InChI=1S/C17H15ClFNO4.2C2H6/c1-23-11-4-2-10(3-5-11)9-20-6-7-24-13-8-12(18)15(19)14(16(13)20)17(21)22;2*1-2/h2-5,8H,6-7,9H2,1H3,(H,21,22);2*1-2H3. The van der Waals surface area contributed by atoms with Crippen LogP contribution in [0.2, 0.25) is 5.02 Å². The first-order chi connectivity index (χ1) is 13.5. The van der Waals surface area contributed by atoms with Crippen molar-refractivity contribution >= 4 is 23.3 Å². The number of halogens is 2. The van der Waals surface area contributed by atoms with Gasteiger partial charge in [-0.1, -0.05) is 51.4 Å². The normalized spacial score (nSPS) is 11.8. The molecule has 154 valence electrons. The predicted molar refractivity (Wildman–Crippen MR) is 111 cm³/mol. The largest absolute Gasteiger partial charge is 0.497 e. The zero-order valence-electron chi connectivity index (χ0n) is 16.9. The molecule has 1 heterocycles. The highest BCUT2D eigenvalue weighted by molar-refractivity contribution is 6.31. The molecule has 0 unspecified atom stereocenters. The maximum Gasteiger partial charge on any atom is 0.341 e. The molecule has 3 rings (SSSR count). The lowest BCUT2D eigenvalue weighted by Crippen LogP contribution is -2.34. The van der Waals surface area contributed by atoms with E-state index in [1.54, 1.807) is 12.0 Å². The zero-order chi connectivity index (χ0) is 21.3. The van der Waals surface area contributed by atoms with Crippen LogP contribution in [0.1, 0.15) is 43.6 Å². The molecule has 7 heteroatoms. The molecule has 2 aromatic carbocycles. The molecule has 0 radical (unpaired) electrons. The van der Waals surface area contributed by atoms with Crippen molar-refractivity contribution in [1.29, 1.82) is 0 Å². The van der Waals surface area contributed by atoms with Crippen molar-refractivity contribution in [2.24, 2.45) is 0 Å². The van der Waals surface area contributed by atoms with Crippen LogP contribution in [0.5, 0.6) is 11.5 Å². The van der Waals surface area contributed by atoms with Crippen molar-refractivity contribution in [1.82, 2.24) is 0 Å². The first-order valence-corrected chi connectivity index (χ1v) is 9.65. The Kier molecular flexibility index (Phi) is 9.59. The quantitative estimate of drug-likeness (QED) is 0.705. The summed E-state index contributed by atoms with van der Waals surface area (Å²) >= 11 is 5.79. The van der Waals surface area contributed by atoms with Crippen LogP contribution in [-0.4, -0.2) is 31.3 Å². The van der Waals surface area contributed by atoms with Gasteiger partial charge >= 0.3 is 5.97 Å². The number of carbonyl (C=O) groups is 1. The SMILES string of the molecule is CC.CC.COc1ccc(CN2CCOc3cc(Cl)c(F)c(C(=O)O)c32)cc1. The van der Waals surface area contributed by atoms with Gasteiger partial charge in [0.1, 0.15) is 23.7 Å². The third-order valence-corrected chi connectivity index (χ3v) is 4.11. The van der Waals surface area contributed by atoms with Crippen molar-refractivity contribution in [3.63, 3.8) is 0 Å². The van der Waals surface area contributed by atoms with Crippen LogP contribution in [0.15, 0.2) is 30.3 Å². The molecule has 0 fully saturated rings. The molecule has 0 aliphatic carbocycles. The lowest BCUT2D eigenvalue weighted by atomic mass is 10.1. The minimum absolute atomic E-state index is 0.214. The minimum atomic E-state index is -1.38. The van der Waals surface area contributed by atoms with E-state index in [-0.39, 0.29) is 16.5 Å². The van der Waals surface area contributed by atoms with Crippen molar-refractivity contribution in [2.75, 3.05) is 25.2 Å². The number of anilines is 1. The third-order valence-electron chi connectivity index (χ3n) is 3.84. The van der Waals surface area contributed by atoms with Gasteiger partial charge in [0.15, 0.2) is 5.82 Å². The third kappa shape index (κ3) is 5.29. The van der Waals surface area contributed by atoms with Gasteiger partial charge in [-0.25, -0.2) is 9.18 Å². The maximum absolute atomic E-state index is 14.2. The highest BCUT2D eigenvalue weighted by atomic mass is 35.5. The molecule has 0 aromatic heterocycles. The second-order valence-corrected chi connectivity index (χ2v) is 5.72. The van der Waals surface area contributed by atoms with Crippen LogP contribution >= 0.6 is 11.6 Å². The molecular weight excluding hydrogens is 385 g/mol. The summed E-state index contributed by atoms with van der Waals surface area (Å²) in [6, 6.07) is 8.70. The topological polar surface area (TPSA) is 59.0 Å². The average molecular weight is 412 g/mol. The van der Waals surface area contributed by atoms with Gasteiger partial charge in [-0.3, -0.25) is 0 Å². The molecule has 5 nitrogen and oxygen atoms in total. The lowest BCUT2D eigenvalue weighted by molar-refractivity contribution is 0.0691. The number of rotatable bonds is 4. The second-order valence-electron chi connectivity index (χ2n) is 5.32. The van der Waals surface area contributed by atoms with E-state index < -0.39 is 17.3 Å². The first-order valence-electron chi connectivity index (χ1n) is 9.27. The fraction of sp³-hybridized carbons (Fsp3) is 0.381. The van der Waals surface area contributed by atoms with Gasteiger partial charge in [0.05, 0.1) is 24.4 Å². The van der Waals surface area contributed by atoms with Crippen LogP contribution < -0.4 is 14.4 Å². The Morgan fingerprint density at radius 3 is 2.39 bits per heavy atom. The Labute approximate surface area is 170 Å². The number of benzene rings is 2. The fourth-order valence-electron chi connectivity index (χ4n) is 2.70. The summed E-state index contributed by atoms with van der Waals surface area (Å²) in [4.78, 5) is 13.3. The number of hydrogen-bond donors (Lipinski definition) is 1. The van der Waals surface area contributed by atoms with Gasteiger partial charge in [0, 0.05) is 12.6 Å². The number of ether oxygens (including phenoxy) is 2. The second kappa shape index (κ2) is 11.4. The summed E-state index contributed by atoms with van der Waals surface area (Å²) in [6.45, 7) is 9.23. The predicted octanol–water partition coefficient (Wildman–Crippen LogP) is 5.64. The molecule has 1 aliphatic rings. The van der Waals surface area contributed by atoms with Gasteiger partial charge in [0.25, 0.3) is 0 Å². The van der Waals surface area contributed by atoms with E-state index in [0.717, 1.165) is 11.3 Å². The van der Waals surface area contributed by atoms with Crippen LogP contribution in [-0.2, 0) is 6.54 Å². The molecule has 28 heavy (non-hydrogen) atoms. The van der Waals surface area contributed by atoms with Crippen molar-refractivity contribution < 1.29 is 23.8 Å². The van der Waals surface area contributed by atoms with Crippen LogP contribution in [0, 0.1) is 5.82 Å². The molecular formula is C21H27ClFNO4. The summed E-state index contributed by atoms with van der Waals surface area (Å²) in [5, 5.41) is 9.13. The van der Waals surface area contributed by atoms with E-state index >= 15 is 0 Å². The molecule has 0 saturated heterocycles. The maximum atomic E-state index is 14.2. The first kappa shape index (κ1) is 23.6. The summed E-state index contributed by atoms with van der Waals surface area (Å²) in [5.74, 6) is -1.33. The van der Waals surface area contributed by atoms with Gasteiger partial charge in [-0.15, -0.1) is 0 Å². The molecule has 0 spiro atoms. The number of carboxylic acid groups (broad SMARTS) is 1. The molecule has 2 aromatic rings. The van der Waals surface area contributed by atoms with Gasteiger partial charge in [-0.2, -0.15) is 0 Å². The molecule has 0 bridgehead atoms. The smallest absolute Gasteiger partial charge is 0.341 e. The highest BCUT2D eigenvalue weighted by Crippen LogP contribution is 2.40. The van der Waals surface area contributed by atoms with Gasteiger partial charge in [-0.05, 0) is 17.7 Å². The van der Waals surface area contributed by atoms with E-state index in [4.69, 9.17) is 21.1 Å². The molecule has 1 N–H and O–H groups in total. The Morgan fingerprint density at radius 1 is 1.25 bits per heavy atom. The van der Waals surface area contributed by atoms with E-state index in [1.165, 1.54) is 6.07 Å². The Morgan fingerprint density at radius 2 is 1.86 bits per heavy atom. The Hall–Kier alpha value is -2.47. The zero-order valence-corrected chi connectivity index (χ0v) is 17.6. The van der Waals surface area contributed by atoms with Crippen LogP contribution in [0.4, 0.5) is 10.1 Å². The lowest BCUT2D eigenvalue weighted by Gasteiger charge is -2.32. The Balaban J connectivity index is 0.000000921. The number of fused-ring (bicyclic) bond motifs is 1. The number of nitrogens with zero attached hydrogens (tertiary/aromatic N) is 1. The van der Waals surface area contributed by atoms with E-state index in [9.17, 15) is 14.3 Å². The average Bonchev–Trinajstić information content (AvgIpc) is 2.72. The molecule has 1 aliphatic heterocycles. The number of hydrogen-bond acceptors (Lipinski definition) is 4. The van der Waals surface area contributed by atoms with Gasteiger partial charge < -0.3 is 19.5 Å². The number of methoxy groups -OCH3 is 1. The van der Waals surface area contributed by atoms with Crippen molar-refractivity contribution in [2.45, 2.75) is 34.2 Å². The van der Waals surface area contributed by atoms with Gasteiger partial charge in [0.2, 0.25) is 0 Å². The molecule has 0 atom stereocenters. The molecule has 0 saturated carbocycles. The summed E-state index contributed by atoms with van der Waals surface area (Å²) in [6.07, 6.45) is 0. The van der Waals surface area contributed by atoms with Crippen LogP contribution in [0.3, 0.4) is 0 Å². The molecule has 0 amide bonds. The fourth-order valence-corrected chi connectivity index (χ4v) is 2.89. The van der Waals surface area contributed by atoms with Crippen molar-refractivity contribution in [3.8, 4) is 11.5 Å². The van der Waals surface area contributed by atoms with E-state index in [1.807, 2.05) is 52.0 Å². The monoisotopic (exact) mass is 411 g/mol. The number of carboxylic acids is 1. The summed E-state index contributed by atoms with van der Waals surface area (Å²) < 4.78 is 24.8. The van der Waals surface area contributed by atoms with Crippen molar-refractivity contribution in [3.05, 3.63) is 52.3 Å². The summed E-state index contributed by atoms with van der Waals surface area (Å²) in [7, 11) is 1.58.